The zero-order chi connectivity index (χ0) is 19.1. The minimum absolute atomic E-state index is 0.0624. The van der Waals surface area contributed by atoms with Gasteiger partial charge >= 0.3 is 0 Å². The standard InChI is InChI=1S/C18H22N2O5S2/c21-18(19-8-4-11-25-15-5-2-1-3-6-15)17-16(7-14-26-17)27(22,23)20-9-12-24-13-10-20/h1-3,5-7,14H,4,8-13H2,(H,19,21). The molecule has 27 heavy (non-hydrogen) atoms. The quantitative estimate of drug-likeness (QED) is 0.673. The molecule has 0 aliphatic carbocycles. The minimum Gasteiger partial charge on any atom is -0.494 e. The van der Waals surface area contributed by atoms with Crippen LogP contribution in [0.4, 0.5) is 0 Å². The molecule has 1 fully saturated rings. The molecule has 0 saturated carbocycles. The molecule has 1 aromatic carbocycles. The second kappa shape index (κ2) is 9.32. The Morgan fingerprint density at radius 2 is 1.93 bits per heavy atom. The summed E-state index contributed by atoms with van der Waals surface area (Å²) in [5, 5.41) is 4.40. The SMILES string of the molecule is O=C(NCCCOc1ccccc1)c1sccc1S(=O)(=O)N1CCOCC1. The van der Waals surface area contributed by atoms with E-state index in [2.05, 4.69) is 5.32 Å². The van der Waals surface area contributed by atoms with Crippen molar-refractivity contribution in [3.63, 3.8) is 0 Å². The average Bonchev–Trinajstić information content (AvgIpc) is 3.20. The van der Waals surface area contributed by atoms with Crippen LogP contribution in [0.2, 0.25) is 0 Å². The zero-order valence-electron chi connectivity index (χ0n) is 14.8. The van der Waals surface area contributed by atoms with Crippen LogP contribution in [0.25, 0.3) is 0 Å². The van der Waals surface area contributed by atoms with Gasteiger partial charge in [0.25, 0.3) is 5.91 Å². The molecule has 1 N–H and O–H groups in total. The molecule has 3 rings (SSSR count). The number of benzene rings is 1. The summed E-state index contributed by atoms with van der Waals surface area (Å²) in [6.45, 7) is 2.21. The van der Waals surface area contributed by atoms with Crippen LogP contribution < -0.4 is 10.1 Å². The predicted octanol–water partition coefficient (Wildman–Crippen LogP) is 1.97. The van der Waals surface area contributed by atoms with E-state index in [9.17, 15) is 13.2 Å². The lowest BCUT2D eigenvalue weighted by molar-refractivity contribution is 0.0730. The highest BCUT2D eigenvalue weighted by atomic mass is 32.2. The van der Waals surface area contributed by atoms with Gasteiger partial charge in [-0.15, -0.1) is 11.3 Å². The van der Waals surface area contributed by atoms with E-state index in [0.717, 1.165) is 17.1 Å². The fraction of sp³-hybridized carbons (Fsp3) is 0.389. The average molecular weight is 411 g/mol. The van der Waals surface area contributed by atoms with Gasteiger partial charge in [-0.3, -0.25) is 4.79 Å². The largest absolute Gasteiger partial charge is 0.494 e. The molecular weight excluding hydrogens is 388 g/mol. The third-order valence-corrected chi connectivity index (χ3v) is 7.03. The van der Waals surface area contributed by atoms with Crippen LogP contribution in [0.15, 0.2) is 46.7 Å². The first-order valence-electron chi connectivity index (χ1n) is 8.70. The molecule has 1 saturated heterocycles. The van der Waals surface area contributed by atoms with Gasteiger partial charge in [0.1, 0.15) is 15.5 Å². The first kappa shape index (κ1) is 19.8. The summed E-state index contributed by atoms with van der Waals surface area (Å²) in [6.07, 6.45) is 0.623. The van der Waals surface area contributed by atoms with Gasteiger partial charge in [0.15, 0.2) is 0 Å². The van der Waals surface area contributed by atoms with Crippen LogP contribution in [0.3, 0.4) is 0 Å². The molecule has 0 unspecified atom stereocenters. The molecule has 1 aliphatic rings. The lowest BCUT2D eigenvalue weighted by Crippen LogP contribution is -2.41. The highest BCUT2D eigenvalue weighted by Crippen LogP contribution is 2.25. The third-order valence-electron chi connectivity index (χ3n) is 4.04. The van der Waals surface area contributed by atoms with Gasteiger partial charge in [0.2, 0.25) is 10.0 Å². The number of para-hydroxylation sites is 1. The maximum Gasteiger partial charge on any atom is 0.262 e. The molecule has 146 valence electrons. The summed E-state index contributed by atoms with van der Waals surface area (Å²) < 4.78 is 37.7. The number of thiophene rings is 1. The molecule has 9 heteroatoms. The molecular formula is C18H22N2O5S2. The van der Waals surface area contributed by atoms with E-state index in [1.54, 1.807) is 5.38 Å². The number of amides is 1. The molecule has 1 aromatic heterocycles. The van der Waals surface area contributed by atoms with Crippen molar-refractivity contribution in [1.29, 1.82) is 0 Å². The van der Waals surface area contributed by atoms with E-state index in [4.69, 9.17) is 9.47 Å². The fourth-order valence-electron chi connectivity index (χ4n) is 2.65. The Morgan fingerprint density at radius 1 is 1.19 bits per heavy atom. The Balaban J connectivity index is 1.53. The lowest BCUT2D eigenvalue weighted by atomic mass is 10.3. The number of carbonyl (C=O) groups is 1. The molecule has 0 bridgehead atoms. The maximum atomic E-state index is 12.8. The number of nitrogens with one attached hydrogen (secondary N) is 1. The van der Waals surface area contributed by atoms with Gasteiger partial charge in [-0.05, 0) is 30.0 Å². The summed E-state index contributed by atoms with van der Waals surface area (Å²) in [4.78, 5) is 12.7. The smallest absolute Gasteiger partial charge is 0.262 e. The van der Waals surface area contributed by atoms with Crippen molar-refractivity contribution in [2.24, 2.45) is 0 Å². The van der Waals surface area contributed by atoms with Crippen molar-refractivity contribution in [2.75, 3.05) is 39.5 Å². The molecule has 2 heterocycles. The van der Waals surface area contributed by atoms with Crippen LogP contribution in [0, 0.1) is 0 Å². The Labute approximate surface area is 163 Å². The Bertz CT molecular complexity index is 846. The third kappa shape index (κ3) is 5.07. The number of hydrogen-bond acceptors (Lipinski definition) is 6. The molecule has 0 spiro atoms. The number of ether oxygens (including phenoxy) is 2. The van der Waals surface area contributed by atoms with Crippen molar-refractivity contribution < 1.29 is 22.7 Å². The molecule has 2 aromatic rings. The van der Waals surface area contributed by atoms with Crippen LogP contribution in [-0.2, 0) is 14.8 Å². The van der Waals surface area contributed by atoms with Crippen LogP contribution in [0.5, 0.6) is 5.75 Å². The van der Waals surface area contributed by atoms with Crippen molar-refractivity contribution in [3.05, 3.63) is 46.7 Å². The van der Waals surface area contributed by atoms with Gasteiger partial charge in [-0.2, -0.15) is 4.31 Å². The monoisotopic (exact) mass is 410 g/mol. The number of nitrogens with zero attached hydrogens (tertiary/aromatic N) is 1. The molecule has 1 amide bonds. The summed E-state index contributed by atoms with van der Waals surface area (Å²) >= 11 is 1.13. The Kier molecular flexibility index (Phi) is 6.84. The molecule has 0 radical (unpaired) electrons. The normalized spacial score (nSPS) is 15.4. The van der Waals surface area contributed by atoms with Crippen molar-refractivity contribution in [3.8, 4) is 5.75 Å². The van der Waals surface area contributed by atoms with E-state index in [1.807, 2.05) is 30.3 Å². The van der Waals surface area contributed by atoms with E-state index in [1.165, 1.54) is 10.4 Å². The van der Waals surface area contributed by atoms with Crippen LogP contribution in [0.1, 0.15) is 16.1 Å². The van der Waals surface area contributed by atoms with Gasteiger partial charge < -0.3 is 14.8 Å². The fourth-order valence-corrected chi connectivity index (χ4v) is 5.38. The van der Waals surface area contributed by atoms with E-state index in [-0.39, 0.29) is 15.7 Å². The Hall–Kier alpha value is -1.94. The summed E-state index contributed by atoms with van der Waals surface area (Å²) in [5.41, 5.74) is 0. The number of hydrogen-bond donors (Lipinski definition) is 1. The van der Waals surface area contributed by atoms with Crippen molar-refractivity contribution in [2.45, 2.75) is 11.3 Å². The summed E-state index contributed by atoms with van der Waals surface area (Å²) in [6, 6.07) is 10.9. The van der Waals surface area contributed by atoms with Gasteiger partial charge in [-0.1, -0.05) is 18.2 Å². The van der Waals surface area contributed by atoms with Crippen LogP contribution >= 0.6 is 11.3 Å². The van der Waals surface area contributed by atoms with Gasteiger partial charge in [0.05, 0.1) is 19.8 Å². The summed E-state index contributed by atoms with van der Waals surface area (Å²) in [5.74, 6) is 0.400. The minimum atomic E-state index is -3.69. The second-order valence-electron chi connectivity index (χ2n) is 5.90. The number of rotatable bonds is 8. The number of sulfonamides is 1. The molecule has 7 nitrogen and oxygen atoms in total. The lowest BCUT2D eigenvalue weighted by Gasteiger charge is -2.26. The zero-order valence-corrected chi connectivity index (χ0v) is 16.4. The molecule has 0 atom stereocenters. The highest BCUT2D eigenvalue weighted by Gasteiger charge is 2.31. The topological polar surface area (TPSA) is 84.9 Å². The van der Waals surface area contributed by atoms with Gasteiger partial charge in [0, 0.05) is 19.6 Å². The van der Waals surface area contributed by atoms with E-state index >= 15 is 0 Å². The van der Waals surface area contributed by atoms with Crippen molar-refractivity contribution >= 4 is 27.3 Å². The second-order valence-corrected chi connectivity index (χ2v) is 8.72. The highest BCUT2D eigenvalue weighted by molar-refractivity contribution is 7.89. The van der Waals surface area contributed by atoms with Gasteiger partial charge in [-0.25, -0.2) is 8.42 Å². The molecule has 1 aliphatic heterocycles. The number of morpholine rings is 1. The van der Waals surface area contributed by atoms with E-state index in [0.29, 0.717) is 45.9 Å². The number of carbonyl (C=O) groups excluding carboxylic acids is 1. The Morgan fingerprint density at radius 3 is 2.67 bits per heavy atom. The summed E-state index contributed by atoms with van der Waals surface area (Å²) in [7, 11) is -3.69. The first-order valence-corrected chi connectivity index (χ1v) is 11.0. The maximum absolute atomic E-state index is 12.8. The van der Waals surface area contributed by atoms with Crippen molar-refractivity contribution in [1.82, 2.24) is 9.62 Å². The van der Waals surface area contributed by atoms with E-state index < -0.39 is 10.0 Å². The first-order chi connectivity index (χ1) is 13.1. The van der Waals surface area contributed by atoms with Crippen LogP contribution in [-0.4, -0.2) is 58.1 Å². The predicted molar refractivity (Wildman–Crippen MR) is 103 cm³/mol.